The van der Waals surface area contributed by atoms with Gasteiger partial charge in [0.15, 0.2) is 18.3 Å². The van der Waals surface area contributed by atoms with Crippen LogP contribution in [0.5, 0.6) is 11.5 Å². The lowest BCUT2D eigenvalue weighted by Crippen LogP contribution is -2.57. The van der Waals surface area contributed by atoms with E-state index in [0.717, 1.165) is 32.1 Å². The van der Waals surface area contributed by atoms with Crippen molar-refractivity contribution >= 4 is 23.9 Å². The summed E-state index contributed by atoms with van der Waals surface area (Å²) in [5.74, 6) is -1.57. The minimum absolute atomic E-state index is 0.275. The minimum atomic E-state index is -1.18. The summed E-state index contributed by atoms with van der Waals surface area (Å²) in [7, 11) is 1.46. The van der Waals surface area contributed by atoms with Gasteiger partial charge in [-0.1, -0.05) is 19.3 Å². The lowest BCUT2D eigenvalue weighted by molar-refractivity contribution is -0.245. The maximum atomic E-state index is 13.1. The average molecular weight is 521 g/mol. The fourth-order valence-electron chi connectivity index (χ4n) is 5.03. The van der Waals surface area contributed by atoms with E-state index in [4.69, 9.17) is 28.4 Å². The number of carbonyl (C=O) groups is 4. The predicted molar refractivity (Wildman–Crippen MR) is 130 cm³/mol. The van der Waals surface area contributed by atoms with Crippen molar-refractivity contribution in [3.05, 3.63) is 23.8 Å². The molecule has 2 fully saturated rings. The molecule has 204 valence electrons. The third kappa shape index (κ3) is 6.80. The molecule has 1 saturated carbocycles. The van der Waals surface area contributed by atoms with Crippen molar-refractivity contribution in [3.8, 4) is 11.5 Å². The summed E-state index contributed by atoms with van der Waals surface area (Å²) in [6.07, 6.45) is -0.550. The highest BCUT2D eigenvalue weighted by atomic mass is 16.6. The zero-order valence-corrected chi connectivity index (χ0v) is 22.2. The molecule has 1 aromatic rings. The summed E-state index contributed by atoms with van der Waals surface area (Å²) < 4.78 is 34.0. The van der Waals surface area contributed by atoms with Gasteiger partial charge in [0.1, 0.15) is 17.6 Å². The van der Waals surface area contributed by atoms with Gasteiger partial charge in [0, 0.05) is 26.3 Å². The Morgan fingerprint density at radius 2 is 1.43 bits per heavy atom. The van der Waals surface area contributed by atoms with Crippen molar-refractivity contribution in [3.63, 3.8) is 0 Å². The summed E-state index contributed by atoms with van der Waals surface area (Å²) in [5, 5.41) is 0. The molecule has 10 heteroatoms. The second-order valence-electron chi connectivity index (χ2n) is 9.90. The first-order valence-corrected chi connectivity index (χ1v) is 12.5. The molecule has 37 heavy (non-hydrogen) atoms. The van der Waals surface area contributed by atoms with Gasteiger partial charge in [-0.2, -0.15) is 0 Å². The fourth-order valence-corrected chi connectivity index (χ4v) is 5.03. The monoisotopic (exact) mass is 520 g/mol. The quantitative estimate of drug-likeness (QED) is 0.298. The lowest BCUT2D eigenvalue weighted by Gasteiger charge is -2.44. The van der Waals surface area contributed by atoms with Gasteiger partial charge in [-0.25, -0.2) is 0 Å². The number of methoxy groups -OCH3 is 1. The van der Waals surface area contributed by atoms with Gasteiger partial charge in [0.05, 0.1) is 18.6 Å². The SMILES string of the molecule is COc1ccc(OC(=O)C2(C)CCCCC2)cc1[C@@H]1O[C@H](C)[C@H](OC(C)=O)[C@H](OC(C)=O)[C@H]1OC(C)=O. The second kappa shape index (κ2) is 11.9. The summed E-state index contributed by atoms with van der Waals surface area (Å²) in [6, 6.07) is 4.83. The maximum absolute atomic E-state index is 13.1. The van der Waals surface area contributed by atoms with Crippen LogP contribution < -0.4 is 9.47 Å². The Morgan fingerprint density at radius 3 is 2.00 bits per heavy atom. The van der Waals surface area contributed by atoms with E-state index < -0.39 is 53.8 Å². The molecular weight excluding hydrogens is 484 g/mol. The van der Waals surface area contributed by atoms with Crippen LogP contribution in [-0.2, 0) is 38.1 Å². The summed E-state index contributed by atoms with van der Waals surface area (Å²) in [5.41, 5.74) is -0.148. The van der Waals surface area contributed by atoms with E-state index in [-0.39, 0.29) is 11.7 Å². The molecule has 1 heterocycles. The van der Waals surface area contributed by atoms with Gasteiger partial charge in [-0.05, 0) is 44.9 Å². The molecule has 1 aromatic carbocycles. The number of hydrogen-bond donors (Lipinski definition) is 0. The number of hydrogen-bond acceptors (Lipinski definition) is 10. The number of esters is 4. The van der Waals surface area contributed by atoms with Crippen LogP contribution in [0.4, 0.5) is 0 Å². The Bertz CT molecular complexity index is 1010. The molecule has 0 spiro atoms. The van der Waals surface area contributed by atoms with Crippen molar-refractivity contribution in [1.29, 1.82) is 0 Å². The first kappa shape index (κ1) is 28.4. The van der Waals surface area contributed by atoms with Crippen LogP contribution in [-0.4, -0.2) is 55.4 Å². The third-order valence-corrected chi connectivity index (χ3v) is 6.84. The van der Waals surface area contributed by atoms with Crippen LogP contribution in [0.1, 0.15) is 78.4 Å². The van der Waals surface area contributed by atoms with E-state index >= 15 is 0 Å². The van der Waals surface area contributed by atoms with E-state index in [9.17, 15) is 19.2 Å². The highest BCUT2D eigenvalue weighted by Gasteiger charge is 2.51. The number of ether oxygens (including phenoxy) is 6. The Balaban J connectivity index is 2.00. The van der Waals surface area contributed by atoms with E-state index in [2.05, 4.69) is 0 Å². The van der Waals surface area contributed by atoms with Crippen LogP contribution in [0.25, 0.3) is 0 Å². The van der Waals surface area contributed by atoms with Crippen molar-refractivity contribution in [2.24, 2.45) is 5.41 Å². The van der Waals surface area contributed by atoms with Crippen molar-refractivity contribution < 1.29 is 47.6 Å². The summed E-state index contributed by atoms with van der Waals surface area (Å²) >= 11 is 0. The molecule has 2 aliphatic rings. The van der Waals surface area contributed by atoms with Crippen LogP contribution in [0.15, 0.2) is 18.2 Å². The average Bonchev–Trinajstić information content (AvgIpc) is 2.82. The molecule has 1 aliphatic heterocycles. The highest BCUT2D eigenvalue weighted by Crippen LogP contribution is 2.43. The van der Waals surface area contributed by atoms with Crippen LogP contribution in [0.3, 0.4) is 0 Å². The van der Waals surface area contributed by atoms with Gasteiger partial charge in [0.2, 0.25) is 0 Å². The molecule has 0 bridgehead atoms. The molecule has 0 radical (unpaired) electrons. The Labute approximate surface area is 216 Å². The summed E-state index contributed by atoms with van der Waals surface area (Å²) in [4.78, 5) is 48.9. The van der Waals surface area contributed by atoms with E-state index in [1.807, 2.05) is 6.92 Å². The third-order valence-electron chi connectivity index (χ3n) is 6.84. The van der Waals surface area contributed by atoms with Crippen LogP contribution in [0.2, 0.25) is 0 Å². The maximum Gasteiger partial charge on any atom is 0.317 e. The van der Waals surface area contributed by atoms with Crippen molar-refractivity contribution in [2.75, 3.05) is 7.11 Å². The van der Waals surface area contributed by atoms with Crippen LogP contribution >= 0.6 is 0 Å². The number of rotatable bonds is 7. The predicted octanol–water partition coefficient (Wildman–Crippen LogP) is 3.83. The van der Waals surface area contributed by atoms with Crippen LogP contribution in [0, 0.1) is 5.41 Å². The largest absolute Gasteiger partial charge is 0.496 e. The van der Waals surface area contributed by atoms with Gasteiger partial charge < -0.3 is 28.4 Å². The molecule has 5 atom stereocenters. The van der Waals surface area contributed by atoms with E-state index in [0.29, 0.717) is 11.3 Å². The van der Waals surface area contributed by atoms with E-state index in [1.165, 1.54) is 27.9 Å². The molecule has 1 aliphatic carbocycles. The number of carbonyl (C=O) groups excluding carboxylic acids is 4. The molecule has 3 rings (SSSR count). The Hall–Kier alpha value is -3.14. The molecule has 0 aromatic heterocycles. The van der Waals surface area contributed by atoms with Crippen molar-refractivity contribution in [1.82, 2.24) is 0 Å². The zero-order chi connectivity index (χ0) is 27.3. The zero-order valence-electron chi connectivity index (χ0n) is 22.2. The topological polar surface area (TPSA) is 124 Å². The molecule has 0 N–H and O–H groups in total. The van der Waals surface area contributed by atoms with E-state index in [1.54, 1.807) is 25.1 Å². The normalized spacial score (nSPS) is 26.9. The number of benzene rings is 1. The molecule has 0 unspecified atom stereocenters. The highest BCUT2D eigenvalue weighted by molar-refractivity contribution is 5.79. The Kier molecular flexibility index (Phi) is 9.17. The molecule has 0 amide bonds. The smallest absolute Gasteiger partial charge is 0.317 e. The second-order valence-corrected chi connectivity index (χ2v) is 9.90. The Morgan fingerprint density at radius 1 is 0.865 bits per heavy atom. The lowest BCUT2D eigenvalue weighted by atomic mass is 9.76. The molecular formula is C27H36O10. The first-order valence-electron chi connectivity index (χ1n) is 12.5. The molecule has 1 saturated heterocycles. The van der Waals surface area contributed by atoms with Crippen molar-refractivity contribution in [2.45, 2.75) is 97.2 Å². The van der Waals surface area contributed by atoms with Gasteiger partial charge in [-0.15, -0.1) is 0 Å². The minimum Gasteiger partial charge on any atom is -0.496 e. The molecule has 10 nitrogen and oxygen atoms in total. The summed E-state index contributed by atoms with van der Waals surface area (Å²) in [6.45, 7) is 7.21. The fraction of sp³-hybridized carbons (Fsp3) is 0.630. The van der Waals surface area contributed by atoms with Gasteiger partial charge in [-0.3, -0.25) is 19.2 Å². The standard InChI is InChI=1S/C27H36O10/c1-15-22(34-16(2)28)24(35-17(3)29)25(36-18(4)30)23(33-15)20-14-19(10-11-21(20)32-6)37-26(31)27(5)12-8-7-9-13-27/h10-11,14-15,22-25H,7-9,12-13H2,1-6H3/t15-,22+,23+,24+,25+/m1/s1. The van der Waals surface area contributed by atoms with Gasteiger partial charge in [0.25, 0.3) is 0 Å². The van der Waals surface area contributed by atoms with Gasteiger partial charge >= 0.3 is 23.9 Å². The first-order chi connectivity index (χ1) is 17.4.